The van der Waals surface area contributed by atoms with Crippen molar-refractivity contribution in [2.24, 2.45) is 7.05 Å². The number of aromatic amines is 1. The summed E-state index contributed by atoms with van der Waals surface area (Å²) in [5.41, 5.74) is -0.702. The second-order valence-corrected chi connectivity index (χ2v) is 8.49. The van der Waals surface area contributed by atoms with Gasteiger partial charge in [0, 0.05) is 39.3 Å². The van der Waals surface area contributed by atoms with Crippen LogP contribution in [-0.4, -0.2) is 61.9 Å². The van der Waals surface area contributed by atoms with Crippen molar-refractivity contribution >= 4 is 23.2 Å². The molecule has 0 aliphatic carbocycles. The van der Waals surface area contributed by atoms with Crippen molar-refractivity contribution in [3.05, 3.63) is 20.8 Å². The number of rotatable bonds is 3. The molecule has 1 N–H and O–H groups in total. The van der Waals surface area contributed by atoms with Gasteiger partial charge in [-0.05, 0) is 34.1 Å². The summed E-state index contributed by atoms with van der Waals surface area (Å²) in [6, 6.07) is 0.0255. The number of hydrogen-bond donors (Lipinski definition) is 1. The smallest absolute Gasteiger partial charge is 0.410 e. The Balaban J connectivity index is 1.93. The second-order valence-electron chi connectivity index (χ2n) is 8.49. The number of aromatic nitrogens is 4. The highest BCUT2D eigenvalue weighted by atomic mass is 16.6. The van der Waals surface area contributed by atoms with Gasteiger partial charge in [-0.2, -0.15) is 4.98 Å². The standard InChI is InChI=1S/C19H30N6O4/c1-7-12(2)25-13-14(21-17(27)22(6)15(13)26)20-16(25)23-8-10-24(11-9-23)18(28)29-19(3,4)5/h12H,7-11H2,1-6H3,(H,21,27). The molecule has 1 fully saturated rings. The number of carbonyl (C=O) groups excluding carboxylic acids is 1. The third-order valence-corrected chi connectivity index (χ3v) is 5.18. The Morgan fingerprint density at radius 2 is 1.83 bits per heavy atom. The molecule has 1 saturated heterocycles. The van der Waals surface area contributed by atoms with E-state index in [4.69, 9.17) is 4.74 Å². The number of nitrogens with zero attached hydrogens (tertiary/aromatic N) is 5. The van der Waals surface area contributed by atoms with Crippen molar-refractivity contribution in [1.82, 2.24) is 24.0 Å². The number of hydrogen-bond acceptors (Lipinski definition) is 6. The lowest BCUT2D eigenvalue weighted by atomic mass is 10.2. The van der Waals surface area contributed by atoms with E-state index < -0.39 is 11.3 Å². The Bertz CT molecular complexity index is 1020. The zero-order valence-electron chi connectivity index (χ0n) is 18.0. The molecular formula is C19H30N6O4. The molecule has 1 unspecified atom stereocenters. The molecule has 1 aliphatic heterocycles. The normalized spacial score (nSPS) is 16.3. The van der Waals surface area contributed by atoms with E-state index in [1.807, 2.05) is 44.1 Å². The van der Waals surface area contributed by atoms with Crippen LogP contribution < -0.4 is 16.1 Å². The van der Waals surface area contributed by atoms with Gasteiger partial charge in [0.15, 0.2) is 11.2 Å². The molecule has 10 heteroatoms. The molecule has 0 radical (unpaired) electrons. The van der Waals surface area contributed by atoms with Gasteiger partial charge in [0.25, 0.3) is 5.56 Å². The van der Waals surface area contributed by atoms with Crippen LogP contribution in [0.1, 0.15) is 47.1 Å². The highest BCUT2D eigenvalue weighted by molar-refractivity contribution is 5.74. The largest absolute Gasteiger partial charge is 0.444 e. The van der Waals surface area contributed by atoms with E-state index in [2.05, 4.69) is 9.97 Å². The SMILES string of the molecule is CCC(C)n1c(N2CCN(C(=O)OC(C)(C)C)CC2)nc2[nH]c(=O)n(C)c(=O)c21. The minimum Gasteiger partial charge on any atom is -0.444 e. The van der Waals surface area contributed by atoms with E-state index in [1.54, 1.807) is 4.90 Å². The molecule has 160 valence electrons. The van der Waals surface area contributed by atoms with Gasteiger partial charge in [0.2, 0.25) is 5.95 Å². The number of carbonyl (C=O) groups is 1. The van der Waals surface area contributed by atoms with Gasteiger partial charge in [-0.15, -0.1) is 0 Å². The van der Waals surface area contributed by atoms with Crippen molar-refractivity contribution in [3.8, 4) is 0 Å². The Morgan fingerprint density at radius 1 is 1.21 bits per heavy atom. The summed E-state index contributed by atoms with van der Waals surface area (Å²) in [5.74, 6) is 0.636. The van der Waals surface area contributed by atoms with Crippen LogP contribution in [0.25, 0.3) is 11.2 Å². The Kier molecular flexibility index (Phi) is 5.46. The van der Waals surface area contributed by atoms with Crippen LogP contribution in [0.4, 0.5) is 10.7 Å². The maximum Gasteiger partial charge on any atom is 0.410 e. The molecule has 29 heavy (non-hydrogen) atoms. The topological polar surface area (TPSA) is 105 Å². The van der Waals surface area contributed by atoms with E-state index in [9.17, 15) is 14.4 Å². The summed E-state index contributed by atoms with van der Waals surface area (Å²) < 4.78 is 8.41. The van der Waals surface area contributed by atoms with E-state index in [0.29, 0.717) is 43.3 Å². The highest BCUT2D eigenvalue weighted by Gasteiger charge is 2.29. The predicted octanol–water partition coefficient (Wildman–Crippen LogP) is 1.45. The van der Waals surface area contributed by atoms with Crippen molar-refractivity contribution in [2.45, 2.75) is 52.7 Å². The van der Waals surface area contributed by atoms with Crippen LogP contribution in [0, 0.1) is 0 Å². The summed E-state index contributed by atoms with van der Waals surface area (Å²) in [4.78, 5) is 48.1. The van der Waals surface area contributed by atoms with E-state index >= 15 is 0 Å². The molecule has 1 aliphatic rings. The highest BCUT2D eigenvalue weighted by Crippen LogP contribution is 2.26. The third-order valence-electron chi connectivity index (χ3n) is 5.18. The number of ether oxygens (including phenoxy) is 1. The summed E-state index contributed by atoms with van der Waals surface area (Å²) in [6.07, 6.45) is 0.476. The molecule has 1 amide bonds. The van der Waals surface area contributed by atoms with Gasteiger partial charge >= 0.3 is 11.8 Å². The number of fused-ring (bicyclic) bond motifs is 1. The van der Waals surface area contributed by atoms with Gasteiger partial charge in [0.05, 0.1) is 0 Å². The zero-order valence-corrected chi connectivity index (χ0v) is 18.0. The minimum absolute atomic E-state index is 0.0255. The molecule has 2 aromatic heterocycles. The van der Waals surface area contributed by atoms with Gasteiger partial charge in [0.1, 0.15) is 5.60 Å². The van der Waals surface area contributed by atoms with Crippen molar-refractivity contribution in [1.29, 1.82) is 0 Å². The summed E-state index contributed by atoms with van der Waals surface area (Å²) in [6.45, 7) is 11.7. The van der Waals surface area contributed by atoms with Gasteiger partial charge in [-0.1, -0.05) is 6.92 Å². The average molecular weight is 406 g/mol. The van der Waals surface area contributed by atoms with Crippen LogP contribution in [0.3, 0.4) is 0 Å². The molecule has 3 heterocycles. The van der Waals surface area contributed by atoms with Crippen molar-refractivity contribution < 1.29 is 9.53 Å². The first kappa shape index (κ1) is 20.9. The fourth-order valence-electron chi connectivity index (χ4n) is 3.39. The van der Waals surface area contributed by atoms with Crippen LogP contribution in [-0.2, 0) is 11.8 Å². The number of H-pyrrole nitrogens is 1. The monoisotopic (exact) mass is 406 g/mol. The molecule has 1 atom stereocenters. The van der Waals surface area contributed by atoms with E-state index in [1.165, 1.54) is 7.05 Å². The maximum absolute atomic E-state index is 12.8. The summed E-state index contributed by atoms with van der Waals surface area (Å²) in [7, 11) is 1.45. The Labute approximate surface area is 169 Å². The molecule has 0 aromatic carbocycles. The predicted molar refractivity (Wildman–Crippen MR) is 111 cm³/mol. The van der Waals surface area contributed by atoms with E-state index in [0.717, 1.165) is 11.0 Å². The first-order chi connectivity index (χ1) is 13.5. The number of imidazole rings is 1. The molecular weight excluding hydrogens is 376 g/mol. The number of amides is 1. The molecule has 0 bridgehead atoms. The maximum atomic E-state index is 12.8. The third kappa shape index (κ3) is 4.01. The van der Waals surface area contributed by atoms with Crippen LogP contribution in [0.5, 0.6) is 0 Å². The first-order valence-electron chi connectivity index (χ1n) is 9.97. The lowest BCUT2D eigenvalue weighted by Crippen LogP contribution is -2.50. The molecule has 3 rings (SSSR count). The van der Waals surface area contributed by atoms with Gasteiger partial charge in [-0.25, -0.2) is 9.59 Å². The van der Waals surface area contributed by atoms with Gasteiger partial charge < -0.3 is 19.1 Å². The molecule has 0 saturated carbocycles. The summed E-state index contributed by atoms with van der Waals surface area (Å²) >= 11 is 0. The fourth-order valence-corrected chi connectivity index (χ4v) is 3.39. The minimum atomic E-state index is -0.537. The lowest BCUT2D eigenvalue weighted by molar-refractivity contribution is 0.0240. The number of anilines is 1. The molecule has 2 aromatic rings. The van der Waals surface area contributed by atoms with Gasteiger partial charge in [-0.3, -0.25) is 14.3 Å². The molecule has 10 nitrogen and oxygen atoms in total. The van der Waals surface area contributed by atoms with Crippen LogP contribution in [0.15, 0.2) is 9.59 Å². The Morgan fingerprint density at radius 3 is 2.38 bits per heavy atom. The average Bonchev–Trinajstić information content (AvgIpc) is 3.03. The Hall–Kier alpha value is -2.78. The van der Waals surface area contributed by atoms with Crippen LogP contribution >= 0.6 is 0 Å². The van der Waals surface area contributed by atoms with Crippen molar-refractivity contribution in [2.75, 3.05) is 31.1 Å². The number of piperazine rings is 1. The summed E-state index contributed by atoms with van der Waals surface area (Å²) in [5, 5.41) is 0. The fraction of sp³-hybridized carbons (Fsp3) is 0.684. The lowest BCUT2D eigenvalue weighted by Gasteiger charge is -2.36. The number of nitrogens with one attached hydrogen (secondary N) is 1. The van der Waals surface area contributed by atoms with Crippen molar-refractivity contribution in [3.63, 3.8) is 0 Å². The molecule has 0 spiro atoms. The second kappa shape index (κ2) is 7.57. The van der Waals surface area contributed by atoms with Crippen LogP contribution in [0.2, 0.25) is 0 Å². The quantitative estimate of drug-likeness (QED) is 0.827. The zero-order chi connectivity index (χ0) is 21.5. The first-order valence-corrected chi connectivity index (χ1v) is 9.97. The van der Waals surface area contributed by atoms with E-state index in [-0.39, 0.29) is 17.7 Å².